The number of carbonyl (C=O) groups excluding carboxylic acids is 3. The summed E-state index contributed by atoms with van der Waals surface area (Å²) in [4.78, 5) is 37.4. The zero-order chi connectivity index (χ0) is 25.0. The summed E-state index contributed by atoms with van der Waals surface area (Å²) in [6.45, 7) is 7.25. The number of hydrogen-bond acceptors (Lipinski definition) is 7. The van der Waals surface area contributed by atoms with Gasteiger partial charge in [0.15, 0.2) is 0 Å². The van der Waals surface area contributed by atoms with E-state index in [-0.39, 0.29) is 35.8 Å². The van der Waals surface area contributed by atoms with Crippen LogP contribution < -0.4 is 16.0 Å². The molecule has 1 rings (SSSR count). The molecule has 0 aliphatic heterocycles. The lowest BCUT2D eigenvalue weighted by atomic mass is 9.90. The van der Waals surface area contributed by atoms with Crippen LogP contribution in [0.25, 0.3) is 0 Å². The Morgan fingerprint density at radius 2 is 1.19 bits per heavy atom. The summed E-state index contributed by atoms with van der Waals surface area (Å²) in [5.41, 5.74) is 1.58. The first-order chi connectivity index (χ1) is 15.1. The lowest BCUT2D eigenvalue weighted by Crippen LogP contribution is -2.37. The molecule has 32 heavy (non-hydrogen) atoms. The van der Waals surface area contributed by atoms with Crippen LogP contribution >= 0.6 is 11.6 Å². The van der Waals surface area contributed by atoms with E-state index in [1.54, 1.807) is 20.8 Å². The molecule has 1 aromatic carbocycles. The highest BCUT2D eigenvalue weighted by atomic mass is 35.5. The van der Waals surface area contributed by atoms with Gasteiger partial charge in [-0.3, -0.25) is 14.4 Å². The largest absolute Gasteiger partial charge is 0.394 e. The minimum Gasteiger partial charge on any atom is -0.394 e. The average molecular weight is 476 g/mol. The lowest BCUT2D eigenvalue weighted by Gasteiger charge is -2.22. The first kappa shape index (κ1) is 29.8. The zero-order valence-electron chi connectivity index (χ0n) is 19.1. The summed E-state index contributed by atoms with van der Waals surface area (Å²) in [7, 11) is 0. The van der Waals surface area contributed by atoms with Crippen molar-refractivity contribution >= 4 is 35.0 Å². The topological polar surface area (TPSA) is 168 Å². The van der Waals surface area contributed by atoms with Crippen LogP contribution in [0, 0.1) is 20.8 Å². The minimum atomic E-state index is -1.15. The number of hydrogen-bond donors (Lipinski definition) is 7. The molecule has 10 nitrogen and oxygen atoms in total. The van der Waals surface area contributed by atoms with Gasteiger partial charge in [0.1, 0.15) is 5.88 Å². The standard InChI is InChI=1S/C19H28ClN3O7.C2H6/c1-9-15(18(29)21-5-12(26)7-24)10(2)17(23-14(28)4-20)11(3)16(9)19(30)22-6-13(27)8-25;1-2/h12-13,24-27H,4-8H2,1-3H3,(H,21,29)(H,22,30)(H,23,28);1-2H3. The maximum atomic E-state index is 12.8. The highest BCUT2D eigenvalue weighted by Crippen LogP contribution is 2.31. The Kier molecular flexibility index (Phi) is 13.7. The molecule has 2 atom stereocenters. The fourth-order valence-electron chi connectivity index (χ4n) is 2.99. The van der Waals surface area contributed by atoms with E-state index in [1.165, 1.54) is 0 Å². The number of aliphatic hydroxyl groups is 4. The second kappa shape index (κ2) is 14.8. The van der Waals surface area contributed by atoms with Gasteiger partial charge in [-0.05, 0) is 37.5 Å². The second-order valence-corrected chi connectivity index (χ2v) is 7.04. The van der Waals surface area contributed by atoms with Crippen LogP contribution in [0.2, 0.25) is 0 Å². The molecule has 0 aliphatic rings. The van der Waals surface area contributed by atoms with Gasteiger partial charge >= 0.3 is 0 Å². The number of alkyl halides is 1. The quantitative estimate of drug-likeness (QED) is 0.233. The van der Waals surface area contributed by atoms with Gasteiger partial charge in [0.05, 0.1) is 25.4 Å². The first-order valence-corrected chi connectivity index (χ1v) is 10.8. The fourth-order valence-corrected chi connectivity index (χ4v) is 3.05. The number of nitrogens with one attached hydrogen (secondary N) is 3. The number of carbonyl (C=O) groups is 3. The minimum absolute atomic E-state index is 0.114. The molecule has 1 aromatic rings. The first-order valence-electron chi connectivity index (χ1n) is 10.2. The maximum absolute atomic E-state index is 12.8. The number of rotatable bonds is 10. The van der Waals surface area contributed by atoms with Crippen molar-refractivity contribution in [3.05, 3.63) is 27.8 Å². The van der Waals surface area contributed by atoms with Crippen molar-refractivity contribution in [1.82, 2.24) is 10.6 Å². The monoisotopic (exact) mass is 475 g/mol. The Balaban J connectivity index is 0.00000466. The van der Waals surface area contributed by atoms with E-state index >= 15 is 0 Å². The summed E-state index contributed by atoms with van der Waals surface area (Å²) in [6.07, 6.45) is -2.31. The molecule has 0 aromatic heterocycles. The molecule has 0 spiro atoms. The Morgan fingerprint density at radius 1 is 0.812 bits per heavy atom. The number of amides is 3. The van der Waals surface area contributed by atoms with Crippen molar-refractivity contribution in [3.8, 4) is 0 Å². The van der Waals surface area contributed by atoms with Crippen LogP contribution in [0.5, 0.6) is 0 Å². The maximum Gasteiger partial charge on any atom is 0.252 e. The molecule has 0 heterocycles. The van der Waals surface area contributed by atoms with Gasteiger partial charge in [0.25, 0.3) is 11.8 Å². The number of aliphatic hydroxyl groups excluding tert-OH is 4. The van der Waals surface area contributed by atoms with Crippen LogP contribution in [-0.2, 0) is 4.79 Å². The third kappa shape index (κ3) is 8.03. The van der Waals surface area contributed by atoms with Crippen molar-refractivity contribution < 1.29 is 34.8 Å². The SMILES string of the molecule is CC.Cc1c(NC(=O)CCl)c(C)c(C(=O)NCC(O)CO)c(C)c1C(=O)NCC(O)CO. The molecule has 0 bridgehead atoms. The molecule has 0 radical (unpaired) electrons. The molecule has 182 valence electrons. The van der Waals surface area contributed by atoms with E-state index in [4.69, 9.17) is 21.8 Å². The van der Waals surface area contributed by atoms with Gasteiger partial charge in [0, 0.05) is 29.9 Å². The van der Waals surface area contributed by atoms with Crippen molar-refractivity contribution in [1.29, 1.82) is 0 Å². The summed E-state index contributed by atoms with van der Waals surface area (Å²) >= 11 is 5.57. The molecule has 0 aliphatic carbocycles. The number of benzene rings is 1. The van der Waals surface area contributed by atoms with Crippen LogP contribution in [-0.4, -0.2) is 82.5 Å². The van der Waals surface area contributed by atoms with E-state index < -0.39 is 43.1 Å². The van der Waals surface area contributed by atoms with Crippen molar-refractivity contribution in [2.45, 2.75) is 46.8 Å². The molecule has 2 unspecified atom stereocenters. The number of anilines is 1. The Labute approximate surface area is 193 Å². The Hall–Kier alpha value is -2.24. The highest BCUT2D eigenvalue weighted by Gasteiger charge is 2.26. The van der Waals surface area contributed by atoms with E-state index in [0.717, 1.165) is 0 Å². The van der Waals surface area contributed by atoms with Gasteiger partial charge in [-0.25, -0.2) is 0 Å². The number of halogens is 1. The zero-order valence-corrected chi connectivity index (χ0v) is 19.8. The van der Waals surface area contributed by atoms with E-state index in [2.05, 4.69) is 16.0 Å². The van der Waals surface area contributed by atoms with Crippen molar-refractivity contribution in [2.24, 2.45) is 0 Å². The molecule has 7 N–H and O–H groups in total. The van der Waals surface area contributed by atoms with Gasteiger partial charge in [-0.15, -0.1) is 11.6 Å². The van der Waals surface area contributed by atoms with Crippen LogP contribution in [0.3, 0.4) is 0 Å². The summed E-state index contributed by atoms with van der Waals surface area (Å²) in [5.74, 6) is -2.08. The molecule has 11 heteroatoms. The molecular weight excluding hydrogens is 442 g/mol. The molecule has 0 saturated carbocycles. The van der Waals surface area contributed by atoms with Crippen molar-refractivity contribution in [3.63, 3.8) is 0 Å². The smallest absolute Gasteiger partial charge is 0.252 e. The lowest BCUT2D eigenvalue weighted by molar-refractivity contribution is -0.113. The average Bonchev–Trinajstić information content (AvgIpc) is 2.79. The predicted octanol–water partition coefficient (Wildman–Crippen LogP) is -0.0186. The predicted molar refractivity (Wildman–Crippen MR) is 122 cm³/mol. The third-order valence-electron chi connectivity index (χ3n) is 4.51. The van der Waals surface area contributed by atoms with Crippen LogP contribution in [0.4, 0.5) is 5.69 Å². The Morgan fingerprint density at radius 3 is 1.50 bits per heavy atom. The molecule has 3 amide bonds. The highest BCUT2D eigenvalue weighted by molar-refractivity contribution is 6.29. The van der Waals surface area contributed by atoms with Crippen molar-refractivity contribution in [2.75, 3.05) is 37.5 Å². The Bertz CT molecular complexity index is 749. The summed E-state index contributed by atoms with van der Waals surface area (Å²) in [6, 6.07) is 0. The van der Waals surface area contributed by atoms with Gasteiger partial charge in [0.2, 0.25) is 5.91 Å². The van der Waals surface area contributed by atoms with Gasteiger partial charge < -0.3 is 36.4 Å². The van der Waals surface area contributed by atoms with Crippen LogP contribution in [0.1, 0.15) is 51.3 Å². The van der Waals surface area contributed by atoms with E-state index in [1.807, 2.05) is 13.8 Å². The summed E-state index contributed by atoms with van der Waals surface area (Å²) < 4.78 is 0. The summed E-state index contributed by atoms with van der Waals surface area (Å²) in [5, 5.41) is 44.4. The van der Waals surface area contributed by atoms with Gasteiger partial charge in [-0.1, -0.05) is 13.8 Å². The molecule has 0 saturated heterocycles. The molecular formula is C21H34ClN3O7. The fraction of sp³-hybridized carbons (Fsp3) is 0.571. The van der Waals surface area contributed by atoms with Gasteiger partial charge in [-0.2, -0.15) is 0 Å². The van der Waals surface area contributed by atoms with Crippen LogP contribution in [0.15, 0.2) is 0 Å². The van der Waals surface area contributed by atoms with E-state index in [0.29, 0.717) is 16.7 Å². The second-order valence-electron chi connectivity index (χ2n) is 6.77. The normalized spacial score (nSPS) is 12.2. The third-order valence-corrected chi connectivity index (χ3v) is 4.75. The molecule has 0 fully saturated rings. The van der Waals surface area contributed by atoms with E-state index in [9.17, 15) is 24.6 Å².